The van der Waals surface area contributed by atoms with Crippen LogP contribution < -0.4 is 5.32 Å². The first kappa shape index (κ1) is 13.4. The summed E-state index contributed by atoms with van der Waals surface area (Å²) < 4.78 is 13.1. The number of carbonyl (C=O) groups is 1. The predicted molar refractivity (Wildman–Crippen MR) is 64.2 cm³/mol. The summed E-state index contributed by atoms with van der Waals surface area (Å²) in [6, 6.07) is 6.21. The Bertz CT molecular complexity index is 441. The van der Waals surface area contributed by atoms with Crippen LogP contribution in [0.3, 0.4) is 0 Å². The van der Waals surface area contributed by atoms with E-state index in [0.29, 0.717) is 0 Å². The lowest BCUT2D eigenvalue weighted by Gasteiger charge is -2.27. The van der Waals surface area contributed by atoms with Gasteiger partial charge >= 0.3 is 5.97 Å². The Morgan fingerprint density at radius 2 is 2.18 bits per heavy atom. The second-order valence-corrected chi connectivity index (χ2v) is 4.40. The van der Waals surface area contributed by atoms with Gasteiger partial charge < -0.3 is 10.4 Å². The average molecular weight is 237 g/mol. The van der Waals surface area contributed by atoms with Gasteiger partial charge in [0.25, 0.3) is 0 Å². The molecule has 1 aromatic rings. The van der Waals surface area contributed by atoms with Crippen LogP contribution in [0.5, 0.6) is 0 Å². The molecular weight excluding hydrogens is 221 g/mol. The van der Waals surface area contributed by atoms with Gasteiger partial charge in [0.05, 0.1) is 0 Å². The molecule has 0 atom stereocenters. The van der Waals surface area contributed by atoms with E-state index in [1.54, 1.807) is 12.1 Å². The quantitative estimate of drug-likeness (QED) is 0.772. The minimum absolute atomic E-state index is 0.0782. The van der Waals surface area contributed by atoms with Gasteiger partial charge in [-0.3, -0.25) is 0 Å². The third-order valence-electron chi connectivity index (χ3n) is 2.59. The number of hydrogen-bond donors (Lipinski definition) is 2. The van der Waals surface area contributed by atoms with Crippen molar-refractivity contribution in [1.82, 2.24) is 5.32 Å². The van der Waals surface area contributed by atoms with Gasteiger partial charge in [0.15, 0.2) is 0 Å². The zero-order valence-corrected chi connectivity index (χ0v) is 9.96. The topological polar surface area (TPSA) is 49.3 Å². The molecule has 0 aliphatic carbocycles. The number of aliphatic carboxylic acids is 1. The molecule has 0 saturated heterocycles. The largest absolute Gasteiger partial charge is 0.478 e. The van der Waals surface area contributed by atoms with Crippen LogP contribution in [0.25, 0.3) is 0 Å². The molecule has 0 bridgehead atoms. The first-order chi connectivity index (χ1) is 7.83. The lowest BCUT2D eigenvalue weighted by molar-refractivity contribution is -0.132. The van der Waals surface area contributed by atoms with E-state index in [1.807, 2.05) is 13.8 Å². The SMILES string of the molecule is C=C(CNC(C)(C)c1cccc(F)c1)C(=O)O. The third-order valence-corrected chi connectivity index (χ3v) is 2.59. The lowest BCUT2D eigenvalue weighted by Crippen LogP contribution is -2.38. The van der Waals surface area contributed by atoms with E-state index in [2.05, 4.69) is 11.9 Å². The van der Waals surface area contributed by atoms with Gasteiger partial charge in [0, 0.05) is 17.7 Å². The molecule has 0 unspecified atom stereocenters. The van der Waals surface area contributed by atoms with Crippen LogP contribution in [0.1, 0.15) is 19.4 Å². The smallest absolute Gasteiger partial charge is 0.332 e. The molecule has 0 heterocycles. The van der Waals surface area contributed by atoms with E-state index in [9.17, 15) is 9.18 Å². The van der Waals surface area contributed by atoms with Crippen molar-refractivity contribution in [3.05, 3.63) is 47.8 Å². The summed E-state index contributed by atoms with van der Waals surface area (Å²) in [4.78, 5) is 10.6. The summed E-state index contributed by atoms with van der Waals surface area (Å²) in [5.74, 6) is -1.35. The van der Waals surface area contributed by atoms with Crippen molar-refractivity contribution >= 4 is 5.97 Å². The molecule has 0 aromatic heterocycles. The molecule has 0 saturated carbocycles. The van der Waals surface area contributed by atoms with Gasteiger partial charge in [-0.15, -0.1) is 0 Å². The summed E-state index contributed by atoms with van der Waals surface area (Å²) in [6.45, 7) is 7.30. The van der Waals surface area contributed by atoms with Gasteiger partial charge in [0.2, 0.25) is 0 Å². The normalized spacial score (nSPS) is 11.2. The molecule has 0 spiro atoms. The van der Waals surface area contributed by atoms with Gasteiger partial charge in [-0.25, -0.2) is 9.18 Å². The summed E-state index contributed by atoms with van der Waals surface area (Å²) >= 11 is 0. The fourth-order valence-electron chi connectivity index (χ4n) is 1.38. The highest BCUT2D eigenvalue weighted by atomic mass is 19.1. The van der Waals surface area contributed by atoms with Crippen molar-refractivity contribution in [3.63, 3.8) is 0 Å². The number of halogens is 1. The maximum atomic E-state index is 13.1. The Kier molecular flexibility index (Phi) is 4.02. The second-order valence-electron chi connectivity index (χ2n) is 4.40. The number of carboxylic acids is 1. The van der Waals surface area contributed by atoms with Crippen LogP contribution in [0.15, 0.2) is 36.4 Å². The van der Waals surface area contributed by atoms with E-state index in [0.717, 1.165) is 5.56 Å². The zero-order valence-electron chi connectivity index (χ0n) is 9.96. The van der Waals surface area contributed by atoms with Crippen LogP contribution >= 0.6 is 0 Å². The van der Waals surface area contributed by atoms with Gasteiger partial charge in [-0.05, 0) is 31.5 Å². The van der Waals surface area contributed by atoms with Crippen molar-refractivity contribution in [2.75, 3.05) is 6.54 Å². The highest BCUT2D eigenvalue weighted by Crippen LogP contribution is 2.20. The number of carboxylic acid groups (broad SMARTS) is 1. The molecular formula is C13H16FNO2. The molecule has 1 rings (SSSR count). The Hall–Kier alpha value is -1.68. The Labute approximate surface area is 100.0 Å². The molecule has 17 heavy (non-hydrogen) atoms. The monoisotopic (exact) mass is 237 g/mol. The molecule has 0 aliphatic rings. The second kappa shape index (κ2) is 5.10. The molecule has 4 heteroatoms. The highest BCUT2D eigenvalue weighted by molar-refractivity contribution is 5.86. The Morgan fingerprint density at radius 3 is 2.71 bits per heavy atom. The summed E-state index contributed by atoms with van der Waals surface area (Å²) in [5.41, 5.74) is 0.325. The predicted octanol–water partition coefficient (Wildman–Crippen LogP) is 2.29. The maximum Gasteiger partial charge on any atom is 0.332 e. The zero-order chi connectivity index (χ0) is 13.1. The maximum absolute atomic E-state index is 13.1. The lowest BCUT2D eigenvalue weighted by atomic mass is 9.94. The van der Waals surface area contributed by atoms with Crippen LogP contribution in [0, 0.1) is 5.82 Å². The summed E-state index contributed by atoms with van der Waals surface area (Å²) in [6.07, 6.45) is 0. The minimum atomic E-state index is -1.03. The van der Waals surface area contributed by atoms with E-state index >= 15 is 0 Å². The van der Waals surface area contributed by atoms with Crippen molar-refractivity contribution in [2.45, 2.75) is 19.4 Å². The molecule has 2 N–H and O–H groups in total. The summed E-state index contributed by atoms with van der Waals surface area (Å²) in [5, 5.41) is 11.7. The highest BCUT2D eigenvalue weighted by Gasteiger charge is 2.21. The van der Waals surface area contributed by atoms with Crippen LogP contribution in [0.2, 0.25) is 0 Å². The van der Waals surface area contributed by atoms with E-state index < -0.39 is 11.5 Å². The van der Waals surface area contributed by atoms with Gasteiger partial charge in [-0.2, -0.15) is 0 Å². The molecule has 92 valence electrons. The number of nitrogens with one attached hydrogen (secondary N) is 1. The van der Waals surface area contributed by atoms with Crippen LogP contribution in [-0.4, -0.2) is 17.6 Å². The summed E-state index contributed by atoms with van der Waals surface area (Å²) in [7, 11) is 0. The molecule has 0 radical (unpaired) electrons. The Morgan fingerprint density at radius 1 is 1.53 bits per heavy atom. The molecule has 3 nitrogen and oxygen atoms in total. The van der Waals surface area contributed by atoms with Crippen LogP contribution in [-0.2, 0) is 10.3 Å². The number of hydrogen-bond acceptors (Lipinski definition) is 2. The van der Waals surface area contributed by atoms with E-state index in [4.69, 9.17) is 5.11 Å². The fourth-order valence-corrected chi connectivity index (χ4v) is 1.38. The van der Waals surface area contributed by atoms with Crippen molar-refractivity contribution in [3.8, 4) is 0 Å². The fraction of sp³-hybridized carbons (Fsp3) is 0.308. The van der Waals surface area contributed by atoms with Gasteiger partial charge in [-0.1, -0.05) is 18.7 Å². The number of rotatable bonds is 5. The van der Waals surface area contributed by atoms with Crippen LogP contribution in [0.4, 0.5) is 4.39 Å². The minimum Gasteiger partial charge on any atom is -0.478 e. The van der Waals surface area contributed by atoms with Crippen molar-refractivity contribution < 1.29 is 14.3 Å². The Balaban J connectivity index is 2.75. The number of benzene rings is 1. The molecule has 1 aromatic carbocycles. The van der Waals surface area contributed by atoms with Gasteiger partial charge in [0.1, 0.15) is 5.82 Å². The first-order valence-corrected chi connectivity index (χ1v) is 5.25. The first-order valence-electron chi connectivity index (χ1n) is 5.25. The molecule has 0 fully saturated rings. The third kappa shape index (κ3) is 3.67. The molecule has 0 amide bonds. The average Bonchev–Trinajstić information content (AvgIpc) is 2.26. The molecule has 0 aliphatic heterocycles. The van der Waals surface area contributed by atoms with E-state index in [-0.39, 0.29) is 17.9 Å². The van der Waals surface area contributed by atoms with E-state index in [1.165, 1.54) is 12.1 Å². The van der Waals surface area contributed by atoms with Crippen molar-refractivity contribution in [2.24, 2.45) is 0 Å². The standard InChI is InChI=1S/C13H16FNO2/c1-9(12(16)17)8-15-13(2,3)10-5-4-6-11(14)7-10/h4-7,15H,1,8H2,2-3H3,(H,16,17). The van der Waals surface area contributed by atoms with Crippen molar-refractivity contribution in [1.29, 1.82) is 0 Å².